The van der Waals surface area contributed by atoms with Crippen LogP contribution >= 0.6 is 11.3 Å². The lowest BCUT2D eigenvalue weighted by molar-refractivity contribution is 0.427. The largest absolute Gasteiger partial charge is 0.347 e. The van der Waals surface area contributed by atoms with Crippen LogP contribution in [-0.4, -0.2) is 27.7 Å². The summed E-state index contributed by atoms with van der Waals surface area (Å²) < 4.78 is 1.90. The highest BCUT2D eigenvalue weighted by atomic mass is 32.1. The molecule has 0 unspecified atom stereocenters. The van der Waals surface area contributed by atoms with Gasteiger partial charge in [0.2, 0.25) is 10.1 Å². The highest BCUT2D eigenvalue weighted by molar-refractivity contribution is 7.20. The molecule has 2 aromatic heterocycles. The molecule has 0 spiro atoms. The maximum atomic E-state index is 4.61. The van der Waals surface area contributed by atoms with Gasteiger partial charge >= 0.3 is 0 Å². The maximum Gasteiger partial charge on any atom is 0.214 e. The fraction of sp³-hybridized carbons (Fsp3) is 0.667. The Morgan fingerprint density at radius 1 is 1.35 bits per heavy atom. The summed E-state index contributed by atoms with van der Waals surface area (Å²) in [4.78, 5) is 7.79. The van der Waals surface area contributed by atoms with E-state index in [4.69, 9.17) is 0 Å². The molecule has 2 heterocycles. The zero-order chi connectivity index (χ0) is 11.8. The van der Waals surface area contributed by atoms with E-state index in [1.54, 1.807) is 11.3 Å². The third kappa shape index (κ3) is 2.04. The lowest BCUT2D eigenvalue weighted by Crippen LogP contribution is -2.33. The number of aryl methyl sites for hydroxylation is 1. The van der Waals surface area contributed by atoms with Crippen molar-refractivity contribution in [3.63, 3.8) is 0 Å². The van der Waals surface area contributed by atoms with Gasteiger partial charge in [0.1, 0.15) is 0 Å². The van der Waals surface area contributed by atoms with E-state index in [1.165, 1.54) is 32.1 Å². The average Bonchev–Trinajstić information content (AvgIpc) is 2.86. The molecule has 0 aromatic carbocycles. The minimum atomic E-state index is 0.667. The molecule has 0 radical (unpaired) electrons. The molecule has 0 bridgehead atoms. The van der Waals surface area contributed by atoms with Crippen molar-refractivity contribution in [1.82, 2.24) is 14.6 Å². The summed E-state index contributed by atoms with van der Waals surface area (Å²) in [6, 6.07) is 0.667. The summed E-state index contributed by atoms with van der Waals surface area (Å²) in [5, 5.41) is 5.70. The second kappa shape index (κ2) is 4.29. The van der Waals surface area contributed by atoms with Crippen molar-refractivity contribution in [3.05, 3.63) is 11.9 Å². The molecule has 92 valence electrons. The molecule has 0 atom stereocenters. The Balaban J connectivity index is 1.84. The monoisotopic (exact) mass is 250 g/mol. The normalized spacial score (nSPS) is 17.8. The van der Waals surface area contributed by atoms with E-state index in [1.807, 2.05) is 17.6 Å². The molecule has 0 aliphatic heterocycles. The van der Waals surface area contributed by atoms with E-state index in [2.05, 4.69) is 22.0 Å². The van der Waals surface area contributed by atoms with E-state index in [0.717, 1.165) is 15.8 Å². The summed E-state index contributed by atoms with van der Waals surface area (Å²) >= 11 is 1.69. The Labute approximate surface area is 105 Å². The Hall–Kier alpha value is -1.10. The van der Waals surface area contributed by atoms with Crippen molar-refractivity contribution in [2.45, 2.75) is 45.1 Å². The molecule has 1 aliphatic carbocycles. The number of aromatic nitrogens is 3. The number of fused-ring (bicyclic) bond motifs is 1. The van der Waals surface area contributed by atoms with Gasteiger partial charge in [-0.2, -0.15) is 0 Å². The topological polar surface area (TPSA) is 33.4 Å². The Morgan fingerprint density at radius 3 is 2.82 bits per heavy atom. The Bertz CT molecular complexity index is 478. The summed E-state index contributed by atoms with van der Waals surface area (Å²) in [5.41, 5.74) is 1.04. The standard InChI is InChI=1S/C12H18N4S/c1-9-8-16-11(13-9)17-12(14-16)15(2)10-6-4-3-5-7-10/h8,10H,3-7H2,1-2H3. The van der Waals surface area contributed by atoms with Gasteiger partial charge in [0, 0.05) is 13.1 Å². The molecule has 2 aromatic rings. The van der Waals surface area contributed by atoms with Gasteiger partial charge in [0.15, 0.2) is 0 Å². The molecule has 4 nitrogen and oxygen atoms in total. The fourth-order valence-electron chi connectivity index (χ4n) is 2.57. The highest BCUT2D eigenvalue weighted by Gasteiger charge is 2.21. The van der Waals surface area contributed by atoms with Crippen LogP contribution in [0.15, 0.2) is 6.20 Å². The number of nitrogens with zero attached hydrogens (tertiary/aromatic N) is 4. The molecular formula is C12H18N4S. The smallest absolute Gasteiger partial charge is 0.214 e. The number of rotatable bonds is 2. The van der Waals surface area contributed by atoms with Crippen LogP contribution in [0, 0.1) is 6.92 Å². The zero-order valence-corrected chi connectivity index (χ0v) is 11.2. The van der Waals surface area contributed by atoms with Crippen LogP contribution < -0.4 is 4.90 Å². The SMILES string of the molecule is Cc1cn2nc(N(C)C3CCCCC3)sc2n1. The zero-order valence-electron chi connectivity index (χ0n) is 10.4. The molecule has 1 aliphatic rings. The van der Waals surface area contributed by atoms with E-state index < -0.39 is 0 Å². The van der Waals surface area contributed by atoms with Gasteiger partial charge in [0.05, 0.1) is 11.9 Å². The van der Waals surface area contributed by atoms with Crippen LogP contribution in [0.2, 0.25) is 0 Å². The van der Waals surface area contributed by atoms with Gasteiger partial charge in [-0.15, -0.1) is 5.10 Å². The third-order valence-electron chi connectivity index (χ3n) is 3.58. The van der Waals surface area contributed by atoms with Crippen molar-refractivity contribution < 1.29 is 0 Å². The molecular weight excluding hydrogens is 232 g/mol. The van der Waals surface area contributed by atoms with E-state index in [9.17, 15) is 0 Å². The minimum Gasteiger partial charge on any atom is -0.347 e. The Kier molecular flexibility index (Phi) is 2.78. The van der Waals surface area contributed by atoms with Crippen LogP contribution in [0.1, 0.15) is 37.8 Å². The number of anilines is 1. The first kappa shape index (κ1) is 11.0. The van der Waals surface area contributed by atoms with Crippen molar-refractivity contribution >= 4 is 21.4 Å². The molecule has 5 heteroatoms. The molecule has 3 rings (SSSR count). The molecule has 17 heavy (non-hydrogen) atoms. The lowest BCUT2D eigenvalue weighted by atomic mass is 9.95. The predicted octanol–water partition coefficient (Wildman–Crippen LogP) is 2.87. The quantitative estimate of drug-likeness (QED) is 0.821. The highest BCUT2D eigenvalue weighted by Crippen LogP contribution is 2.29. The first-order valence-corrected chi connectivity index (χ1v) is 7.11. The number of hydrogen-bond donors (Lipinski definition) is 0. The van der Waals surface area contributed by atoms with Crippen LogP contribution in [0.5, 0.6) is 0 Å². The number of imidazole rings is 1. The summed E-state index contributed by atoms with van der Waals surface area (Å²) in [5.74, 6) is 0. The van der Waals surface area contributed by atoms with Gasteiger partial charge in [-0.25, -0.2) is 9.50 Å². The summed E-state index contributed by atoms with van der Waals surface area (Å²) in [7, 11) is 2.17. The van der Waals surface area contributed by atoms with Crippen LogP contribution in [0.25, 0.3) is 4.96 Å². The lowest BCUT2D eigenvalue weighted by Gasteiger charge is -2.30. The van der Waals surface area contributed by atoms with Crippen molar-refractivity contribution in [3.8, 4) is 0 Å². The second-order valence-electron chi connectivity index (χ2n) is 4.90. The van der Waals surface area contributed by atoms with Crippen LogP contribution in [0.3, 0.4) is 0 Å². The van der Waals surface area contributed by atoms with Crippen LogP contribution in [-0.2, 0) is 0 Å². The molecule has 1 fully saturated rings. The van der Waals surface area contributed by atoms with Crippen molar-refractivity contribution in [2.24, 2.45) is 0 Å². The second-order valence-corrected chi connectivity index (χ2v) is 5.83. The van der Waals surface area contributed by atoms with Gasteiger partial charge in [-0.3, -0.25) is 0 Å². The summed E-state index contributed by atoms with van der Waals surface area (Å²) in [6.07, 6.45) is 8.71. The van der Waals surface area contributed by atoms with Gasteiger partial charge < -0.3 is 4.90 Å². The molecule has 1 saturated carbocycles. The predicted molar refractivity (Wildman–Crippen MR) is 70.9 cm³/mol. The van der Waals surface area contributed by atoms with Gasteiger partial charge in [-0.05, 0) is 19.8 Å². The molecule has 0 saturated heterocycles. The average molecular weight is 250 g/mol. The molecule has 0 amide bonds. The molecule has 0 N–H and O–H groups in total. The summed E-state index contributed by atoms with van der Waals surface area (Å²) in [6.45, 7) is 2.01. The van der Waals surface area contributed by atoms with Crippen molar-refractivity contribution in [2.75, 3.05) is 11.9 Å². The first-order valence-electron chi connectivity index (χ1n) is 6.30. The first-order chi connectivity index (χ1) is 8.24. The minimum absolute atomic E-state index is 0.667. The van der Waals surface area contributed by atoms with Gasteiger partial charge in [-0.1, -0.05) is 30.6 Å². The maximum absolute atomic E-state index is 4.61. The Morgan fingerprint density at radius 2 is 2.12 bits per heavy atom. The van der Waals surface area contributed by atoms with E-state index in [-0.39, 0.29) is 0 Å². The van der Waals surface area contributed by atoms with Crippen LogP contribution in [0.4, 0.5) is 5.13 Å². The van der Waals surface area contributed by atoms with E-state index >= 15 is 0 Å². The van der Waals surface area contributed by atoms with E-state index in [0.29, 0.717) is 6.04 Å². The number of hydrogen-bond acceptors (Lipinski definition) is 4. The third-order valence-corrected chi connectivity index (χ3v) is 4.59. The van der Waals surface area contributed by atoms with Gasteiger partial charge in [0.25, 0.3) is 0 Å². The van der Waals surface area contributed by atoms with Crippen molar-refractivity contribution in [1.29, 1.82) is 0 Å². The fourth-order valence-corrected chi connectivity index (χ4v) is 3.53.